The third-order valence-corrected chi connectivity index (χ3v) is 7.39. The number of hydrogen-bond donors (Lipinski definition) is 0. The molecule has 2 aromatic rings. The molecule has 3 rings (SSSR count). The third-order valence-electron chi connectivity index (χ3n) is 6.34. The van der Waals surface area contributed by atoms with Crippen molar-refractivity contribution in [2.24, 2.45) is 11.8 Å². The quantitative estimate of drug-likeness (QED) is 0.510. The van der Waals surface area contributed by atoms with Gasteiger partial charge in [-0.3, -0.25) is 14.2 Å². The molecule has 1 saturated carbocycles. The fourth-order valence-corrected chi connectivity index (χ4v) is 5.35. The Bertz CT molecular complexity index is 1010. The first-order valence-corrected chi connectivity index (χ1v) is 11.5. The molecule has 1 fully saturated rings. The van der Waals surface area contributed by atoms with Gasteiger partial charge in [0.2, 0.25) is 5.91 Å². The van der Waals surface area contributed by atoms with Gasteiger partial charge in [0.1, 0.15) is 0 Å². The van der Waals surface area contributed by atoms with Crippen LogP contribution < -0.4 is 5.56 Å². The number of benzene rings is 1. The first-order chi connectivity index (χ1) is 14.3. The van der Waals surface area contributed by atoms with E-state index in [-0.39, 0.29) is 17.5 Å². The Hall–Kier alpha value is -2.33. The van der Waals surface area contributed by atoms with E-state index in [0.29, 0.717) is 40.9 Å². The Morgan fingerprint density at radius 3 is 2.83 bits per heavy atom. The molecule has 30 heavy (non-hydrogen) atoms. The Labute approximate surface area is 182 Å². The lowest BCUT2D eigenvalue weighted by molar-refractivity contribution is -0.128. The van der Waals surface area contributed by atoms with Crippen molar-refractivity contribution < 1.29 is 4.79 Å². The maximum absolute atomic E-state index is 13.5. The summed E-state index contributed by atoms with van der Waals surface area (Å²) < 4.78 is 1.85. The van der Waals surface area contributed by atoms with E-state index in [1.807, 2.05) is 35.8 Å². The molecule has 0 N–H and O–H groups in total. The molecule has 1 aromatic carbocycles. The molecule has 1 heterocycles. The molecule has 160 valence electrons. The van der Waals surface area contributed by atoms with Crippen molar-refractivity contribution in [3.8, 4) is 6.07 Å². The van der Waals surface area contributed by atoms with Gasteiger partial charge in [-0.15, -0.1) is 0 Å². The Balaban J connectivity index is 2.01. The largest absolute Gasteiger partial charge is 0.344 e. The number of rotatable bonds is 6. The van der Waals surface area contributed by atoms with E-state index < -0.39 is 5.25 Å². The third kappa shape index (κ3) is 4.54. The van der Waals surface area contributed by atoms with Gasteiger partial charge in [-0.25, -0.2) is 4.98 Å². The van der Waals surface area contributed by atoms with E-state index in [2.05, 4.69) is 19.9 Å². The van der Waals surface area contributed by atoms with Crippen molar-refractivity contribution >= 4 is 28.6 Å². The van der Waals surface area contributed by atoms with Gasteiger partial charge in [0, 0.05) is 19.6 Å². The van der Waals surface area contributed by atoms with Crippen LogP contribution >= 0.6 is 11.8 Å². The Morgan fingerprint density at radius 1 is 1.37 bits per heavy atom. The first-order valence-electron chi connectivity index (χ1n) is 10.6. The highest BCUT2D eigenvalue weighted by molar-refractivity contribution is 8.00. The van der Waals surface area contributed by atoms with E-state index in [0.717, 1.165) is 12.8 Å². The Morgan fingerprint density at radius 2 is 2.10 bits per heavy atom. The lowest BCUT2D eigenvalue weighted by atomic mass is 9.78. The SMILES string of the molecule is C[C@@H]1[C@H](C)CCC[C@H]1n1c(S[C@@H](C)C(=O)N(C)CCC#N)nc2ccccc2c1=O. The zero-order valence-electron chi connectivity index (χ0n) is 18.2. The highest BCUT2D eigenvalue weighted by Crippen LogP contribution is 2.39. The van der Waals surface area contributed by atoms with Crippen LogP contribution in [0.5, 0.6) is 0 Å². The van der Waals surface area contributed by atoms with Gasteiger partial charge in [0.15, 0.2) is 5.16 Å². The highest BCUT2D eigenvalue weighted by Gasteiger charge is 2.32. The minimum Gasteiger partial charge on any atom is -0.344 e. The topological polar surface area (TPSA) is 79.0 Å². The van der Waals surface area contributed by atoms with Gasteiger partial charge >= 0.3 is 0 Å². The molecule has 0 saturated heterocycles. The molecule has 0 radical (unpaired) electrons. The summed E-state index contributed by atoms with van der Waals surface area (Å²) in [5.74, 6) is 0.841. The van der Waals surface area contributed by atoms with Crippen molar-refractivity contribution in [1.82, 2.24) is 14.5 Å². The number of nitriles is 1. The summed E-state index contributed by atoms with van der Waals surface area (Å²) in [6.07, 6.45) is 3.51. The number of carbonyl (C=O) groups excluding carboxylic acids is 1. The second-order valence-corrected chi connectivity index (χ2v) is 9.66. The molecular formula is C23H30N4O2S. The molecule has 1 aromatic heterocycles. The van der Waals surface area contributed by atoms with Crippen LogP contribution in [-0.4, -0.2) is 39.2 Å². The van der Waals surface area contributed by atoms with Crippen molar-refractivity contribution in [3.05, 3.63) is 34.6 Å². The number of hydrogen-bond acceptors (Lipinski definition) is 5. The molecule has 1 aliphatic rings. The summed E-state index contributed by atoms with van der Waals surface area (Å²) >= 11 is 1.34. The number of fused-ring (bicyclic) bond motifs is 1. The molecule has 7 heteroatoms. The van der Waals surface area contributed by atoms with E-state index in [1.54, 1.807) is 11.9 Å². The maximum Gasteiger partial charge on any atom is 0.262 e. The fourth-order valence-electron chi connectivity index (χ4n) is 4.27. The van der Waals surface area contributed by atoms with Crippen molar-refractivity contribution in [2.75, 3.05) is 13.6 Å². The second kappa shape index (κ2) is 9.65. The standard InChI is InChI=1S/C23H30N4O2S/c1-15-9-7-12-20(16(15)2)27-22(29)18-10-5-6-11-19(18)25-23(27)30-17(3)21(28)26(4)14-8-13-24/h5-6,10-11,15-17,20H,7-9,12,14H2,1-4H3/t15-,16-,17+,20-/m1/s1. The van der Waals surface area contributed by atoms with Crippen LogP contribution in [0.15, 0.2) is 34.2 Å². The first kappa shape index (κ1) is 22.4. The van der Waals surface area contributed by atoms with E-state index in [9.17, 15) is 9.59 Å². The van der Waals surface area contributed by atoms with E-state index in [4.69, 9.17) is 10.2 Å². The number of amides is 1. The van der Waals surface area contributed by atoms with Crippen molar-refractivity contribution in [1.29, 1.82) is 5.26 Å². The predicted octanol–water partition coefficient (Wildman–Crippen LogP) is 4.25. The molecule has 0 unspecified atom stereocenters. The summed E-state index contributed by atoms with van der Waals surface area (Å²) in [4.78, 5) is 32.7. The minimum atomic E-state index is -0.399. The van der Waals surface area contributed by atoms with Crippen molar-refractivity contribution in [2.45, 2.75) is 62.9 Å². The van der Waals surface area contributed by atoms with Gasteiger partial charge in [-0.2, -0.15) is 5.26 Å². The number of para-hydroxylation sites is 1. The number of nitrogens with zero attached hydrogens (tertiary/aromatic N) is 4. The summed E-state index contributed by atoms with van der Waals surface area (Å²) in [5.41, 5.74) is 0.641. The summed E-state index contributed by atoms with van der Waals surface area (Å²) in [6.45, 7) is 6.71. The molecule has 6 nitrogen and oxygen atoms in total. The smallest absolute Gasteiger partial charge is 0.262 e. The van der Waals surface area contributed by atoms with Gasteiger partial charge in [-0.1, -0.05) is 50.6 Å². The van der Waals surface area contributed by atoms with Crippen LogP contribution in [0.3, 0.4) is 0 Å². The van der Waals surface area contributed by atoms with Gasteiger partial charge in [0.05, 0.1) is 28.6 Å². The lowest BCUT2D eigenvalue weighted by Crippen LogP contribution is -2.37. The van der Waals surface area contributed by atoms with Crippen LogP contribution in [0.1, 0.15) is 52.5 Å². The monoisotopic (exact) mass is 426 g/mol. The van der Waals surface area contributed by atoms with Gasteiger partial charge in [-0.05, 0) is 37.3 Å². The van der Waals surface area contributed by atoms with Crippen LogP contribution in [0.2, 0.25) is 0 Å². The zero-order valence-corrected chi connectivity index (χ0v) is 19.0. The van der Waals surface area contributed by atoms with Crippen LogP contribution in [0.25, 0.3) is 10.9 Å². The summed E-state index contributed by atoms with van der Waals surface area (Å²) in [5, 5.41) is 9.62. The Kier molecular flexibility index (Phi) is 7.19. The fraction of sp³-hybridized carbons (Fsp3) is 0.565. The molecule has 0 bridgehead atoms. The predicted molar refractivity (Wildman–Crippen MR) is 120 cm³/mol. The molecule has 4 atom stereocenters. The molecule has 0 spiro atoms. The number of carbonyl (C=O) groups is 1. The van der Waals surface area contributed by atoms with Crippen molar-refractivity contribution in [3.63, 3.8) is 0 Å². The maximum atomic E-state index is 13.5. The minimum absolute atomic E-state index is 0.0217. The molecular weight excluding hydrogens is 396 g/mol. The molecule has 0 aliphatic heterocycles. The van der Waals surface area contributed by atoms with Crippen LogP contribution in [0.4, 0.5) is 0 Å². The average Bonchev–Trinajstić information content (AvgIpc) is 2.74. The molecule has 1 amide bonds. The molecule has 1 aliphatic carbocycles. The number of aromatic nitrogens is 2. The summed E-state index contributed by atoms with van der Waals surface area (Å²) in [7, 11) is 1.71. The average molecular weight is 427 g/mol. The normalized spacial score (nSPS) is 22.4. The number of thioether (sulfide) groups is 1. The van der Waals surface area contributed by atoms with Gasteiger partial charge < -0.3 is 4.90 Å². The summed E-state index contributed by atoms with van der Waals surface area (Å²) in [6, 6.07) is 9.58. The highest BCUT2D eigenvalue weighted by atomic mass is 32.2. The van der Waals surface area contributed by atoms with Crippen LogP contribution in [-0.2, 0) is 4.79 Å². The van der Waals surface area contributed by atoms with Crippen LogP contribution in [0, 0.1) is 23.2 Å². The van der Waals surface area contributed by atoms with E-state index >= 15 is 0 Å². The zero-order chi connectivity index (χ0) is 21.8. The van der Waals surface area contributed by atoms with Gasteiger partial charge in [0.25, 0.3) is 5.56 Å². The lowest BCUT2D eigenvalue weighted by Gasteiger charge is -2.36. The van der Waals surface area contributed by atoms with E-state index in [1.165, 1.54) is 18.2 Å². The second-order valence-electron chi connectivity index (χ2n) is 8.35.